The number of ether oxygens (including phenoxy) is 1. The molecule has 0 aliphatic carbocycles. The minimum Gasteiger partial charge on any atom is -0.476 e. The fourth-order valence-corrected chi connectivity index (χ4v) is 2.41. The number of hydrogen-bond donors (Lipinski definition) is 0. The molecule has 0 amide bonds. The highest BCUT2D eigenvalue weighted by atomic mass is 35.5. The fraction of sp³-hybridized carbons (Fsp3) is 0.733. The van der Waals surface area contributed by atoms with E-state index in [9.17, 15) is 0 Å². The van der Waals surface area contributed by atoms with Gasteiger partial charge in [-0.2, -0.15) is 4.98 Å². The van der Waals surface area contributed by atoms with E-state index in [0.717, 1.165) is 25.2 Å². The largest absolute Gasteiger partial charge is 0.476 e. The van der Waals surface area contributed by atoms with Gasteiger partial charge in [-0.05, 0) is 34.1 Å². The summed E-state index contributed by atoms with van der Waals surface area (Å²) in [5, 5.41) is 0.447. The quantitative estimate of drug-likeness (QED) is 0.688. The number of hydrogen-bond acceptors (Lipinski definition) is 4. The molecule has 1 rings (SSSR count). The van der Waals surface area contributed by atoms with Crippen molar-refractivity contribution >= 4 is 11.6 Å². The van der Waals surface area contributed by atoms with Crippen molar-refractivity contribution in [3.63, 3.8) is 0 Å². The Morgan fingerprint density at radius 3 is 2.40 bits per heavy atom. The van der Waals surface area contributed by atoms with Crippen molar-refractivity contribution in [1.29, 1.82) is 0 Å². The van der Waals surface area contributed by atoms with Gasteiger partial charge < -0.3 is 4.74 Å². The summed E-state index contributed by atoms with van der Waals surface area (Å²) >= 11 is 5.99. The van der Waals surface area contributed by atoms with Crippen LogP contribution in [0.15, 0.2) is 6.07 Å². The second-order valence-electron chi connectivity index (χ2n) is 5.47. The molecule has 0 atom stereocenters. The number of halogens is 1. The van der Waals surface area contributed by atoms with Gasteiger partial charge in [-0.3, -0.25) is 4.90 Å². The Labute approximate surface area is 127 Å². The molecule has 0 aliphatic heterocycles. The van der Waals surface area contributed by atoms with Gasteiger partial charge in [0.15, 0.2) is 0 Å². The molecule has 0 spiro atoms. The first kappa shape index (κ1) is 17.2. The molecule has 0 radical (unpaired) electrons. The van der Waals surface area contributed by atoms with Gasteiger partial charge in [0.1, 0.15) is 17.6 Å². The van der Waals surface area contributed by atoms with E-state index in [4.69, 9.17) is 16.3 Å². The summed E-state index contributed by atoms with van der Waals surface area (Å²) in [7, 11) is 0. The van der Waals surface area contributed by atoms with Gasteiger partial charge in [-0.15, -0.1) is 0 Å². The van der Waals surface area contributed by atoms with E-state index in [1.807, 2.05) is 0 Å². The van der Waals surface area contributed by atoms with Crippen molar-refractivity contribution in [2.24, 2.45) is 0 Å². The van der Waals surface area contributed by atoms with Crippen LogP contribution >= 0.6 is 11.6 Å². The van der Waals surface area contributed by atoms with E-state index in [-0.39, 0.29) is 0 Å². The molecule has 0 unspecified atom stereocenters. The zero-order valence-corrected chi connectivity index (χ0v) is 13.9. The van der Waals surface area contributed by atoms with Gasteiger partial charge in [-0.1, -0.05) is 18.5 Å². The summed E-state index contributed by atoms with van der Waals surface area (Å²) in [5.74, 6) is 1.32. The highest BCUT2D eigenvalue weighted by Gasteiger charge is 2.13. The van der Waals surface area contributed by atoms with Gasteiger partial charge in [-0.25, -0.2) is 4.98 Å². The van der Waals surface area contributed by atoms with Crippen molar-refractivity contribution in [2.45, 2.75) is 59.5 Å². The van der Waals surface area contributed by atoms with Crippen LogP contribution in [0, 0.1) is 0 Å². The fourth-order valence-electron chi connectivity index (χ4n) is 2.22. The third-order valence-corrected chi connectivity index (χ3v) is 3.31. The van der Waals surface area contributed by atoms with Crippen LogP contribution in [0.1, 0.15) is 46.9 Å². The summed E-state index contributed by atoms with van der Waals surface area (Å²) in [4.78, 5) is 10.9. The van der Waals surface area contributed by atoms with E-state index in [2.05, 4.69) is 49.5 Å². The van der Waals surface area contributed by atoms with Crippen LogP contribution in [-0.4, -0.2) is 40.1 Å². The zero-order chi connectivity index (χ0) is 15.1. The maximum Gasteiger partial charge on any atom is 0.218 e. The average molecular weight is 300 g/mol. The lowest BCUT2D eigenvalue weighted by molar-refractivity contribution is 0.140. The van der Waals surface area contributed by atoms with Gasteiger partial charge in [0.05, 0.1) is 0 Å². The first-order chi connectivity index (χ1) is 9.43. The van der Waals surface area contributed by atoms with Crippen LogP contribution in [0.5, 0.6) is 5.88 Å². The van der Waals surface area contributed by atoms with E-state index in [0.29, 0.717) is 29.7 Å². The maximum absolute atomic E-state index is 5.99. The normalized spacial score (nSPS) is 11.7. The minimum absolute atomic E-state index is 0.447. The summed E-state index contributed by atoms with van der Waals surface area (Å²) < 4.78 is 5.73. The van der Waals surface area contributed by atoms with Crippen LogP contribution in [0.3, 0.4) is 0 Å². The second kappa shape index (κ2) is 8.42. The topological polar surface area (TPSA) is 38.2 Å². The Morgan fingerprint density at radius 2 is 1.85 bits per heavy atom. The van der Waals surface area contributed by atoms with Crippen molar-refractivity contribution < 1.29 is 4.74 Å². The Kier molecular flexibility index (Phi) is 7.24. The number of nitrogens with zero attached hydrogens (tertiary/aromatic N) is 3. The number of aromatic nitrogens is 2. The maximum atomic E-state index is 5.99. The van der Waals surface area contributed by atoms with E-state index < -0.39 is 0 Å². The molecule has 1 aromatic rings. The Morgan fingerprint density at radius 1 is 1.20 bits per heavy atom. The average Bonchev–Trinajstić information content (AvgIpc) is 2.33. The standard InChI is InChI=1S/C15H26ClN3O/c1-6-7-14-17-13(16)10-15(18-14)20-9-8-19(11(2)3)12(4)5/h10-12H,6-9H2,1-5H3. The zero-order valence-electron chi connectivity index (χ0n) is 13.2. The van der Waals surface area contributed by atoms with Gasteiger partial charge in [0, 0.05) is 31.1 Å². The Balaban J connectivity index is 2.56. The van der Waals surface area contributed by atoms with Gasteiger partial charge in [0.2, 0.25) is 5.88 Å². The summed E-state index contributed by atoms with van der Waals surface area (Å²) in [6.45, 7) is 12.4. The smallest absolute Gasteiger partial charge is 0.218 e. The third kappa shape index (κ3) is 5.63. The summed E-state index contributed by atoms with van der Waals surface area (Å²) in [5.41, 5.74) is 0. The van der Waals surface area contributed by atoms with Crippen LogP contribution in [0.4, 0.5) is 0 Å². The molecular formula is C15H26ClN3O. The van der Waals surface area contributed by atoms with Crippen molar-refractivity contribution in [3.05, 3.63) is 17.0 Å². The molecule has 4 nitrogen and oxygen atoms in total. The Hall–Kier alpha value is -0.870. The molecule has 1 heterocycles. The van der Waals surface area contributed by atoms with Crippen molar-refractivity contribution in [1.82, 2.24) is 14.9 Å². The van der Waals surface area contributed by atoms with E-state index in [1.54, 1.807) is 6.07 Å². The third-order valence-electron chi connectivity index (χ3n) is 3.12. The molecule has 20 heavy (non-hydrogen) atoms. The molecule has 114 valence electrons. The molecule has 0 aliphatic rings. The SMILES string of the molecule is CCCc1nc(Cl)cc(OCCN(C(C)C)C(C)C)n1. The van der Waals surface area contributed by atoms with E-state index in [1.165, 1.54) is 0 Å². The predicted molar refractivity (Wildman–Crippen MR) is 83.5 cm³/mol. The molecule has 0 fully saturated rings. The first-order valence-electron chi connectivity index (χ1n) is 7.36. The van der Waals surface area contributed by atoms with Crippen LogP contribution in [0.2, 0.25) is 5.15 Å². The lowest BCUT2D eigenvalue weighted by Gasteiger charge is -2.30. The van der Waals surface area contributed by atoms with Gasteiger partial charge in [0.25, 0.3) is 0 Å². The van der Waals surface area contributed by atoms with Crippen molar-refractivity contribution in [2.75, 3.05) is 13.2 Å². The summed E-state index contributed by atoms with van der Waals surface area (Å²) in [6.07, 6.45) is 1.81. The van der Waals surface area contributed by atoms with E-state index >= 15 is 0 Å². The second-order valence-corrected chi connectivity index (χ2v) is 5.86. The first-order valence-corrected chi connectivity index (χ1v) is 7.73. The van der Waals surface area contributed by atoms with Crippen molar-refractivity contribution in [3.8, 4) is 5.88 Å². The van der Waals surface area contributed by atoms with Gasteiger partial charge >= 0.3 is 0 Å². The molecule has 0 aromatic carbocycles. The lowest BCUT2D eigenvalue weighted by Crippen LogP contribution is -2.39. The Bertz CT molecular complexity index is 402. The molecule has 5 heteroatoms. The monoisotopic (exact) mass is 299 g/mol. The van der Waals surface area contributed by atoms with Crippen LogP contribution < -0.4 is 4.74 Å². The van der Waals surface area contributed by atoms with Crippen LogP contribution in [-0.2, 0) is 6.42 Å². The number of aryl methyl sites for hydroxylation is 1. The molecule has 1 aromatic heterocycles. The molecule has 0 saturated carbocycles. The minimum atomic E-state index is 0.447. The van der Waals surface area contributed by atoms with Crippen LogP contribution in [0.25, 0.3) is 0 Å². The predicted octanol–water partition coefficient (Wildman–Crippen LogP) is 3.58. The molecular weight excluding hydrogens is 274 g/mol. The molecule has 0 bridgehead atoms. The number of rotatable bonds is 8. The molecule has 0 N–H and O–H groups in total. The summed E-state index contributed by atoms with van der Waals surface area (Å²) in [6, 6.07) is 2.68. The highest BCUT2D eigenvalue weighted by molar-refractivity contribution is 6.29. The molecule has 0 saturated heterocycles. The highest BCUT2D eigenvalue weighted by Crippen LogP contribution is 2.15. The lowest BCUT2D eigenvalue weighted by atomic mass is 10.2.